The quantitative estimate of drug-likeness (QED) is 0.670. The monoisotopic (exact) mass is 292 g/mol. The van der Waals surface area contributed by atoms with Crippen molar-refractivity contribution in [3.8, 4) is 5.75 Å². The minimum absolute atomic E-state index is 0.373. The van der Waals surface area contributed by atoms with E-state index in [4.69, 9.17) is 4.74 Å². The lowest BCUT2D eigenvalue weighted by Gasteiger charge is -2.28. The van der Waals surface area contributed by atoms with E-state index in [9.17, 15) is 0 Å². The van der Waals surface area contributed by atoms with Gasteiger partial charge in [0.2, 0.25) is 0 Å². The maximum atomic E-state index is 5.37. The van der Waals surface area contributed by atoms with Crippen LogP contribution in [0.15, 0.2) is 24.3 Å². The Kier molecular flexibility index (Phi) is 9.11. The average Bonchev–Trinajstić information content (AvgIpc) is 2.51. The van der Waals surface area contributed by atoms with E-state index >= 15 is 0 Å². The number of hydrogen-bond donors (Lipinski definition) is 1. The minimum atomic E-state index is 0.373. The van der Waals surface area contributed by atoms with Gasteiger partial charge in [-0.3, -0.25) is 0 Å². The van der Waals surface area contributed by atoms with Crippen molar-refractivity contribution in [1.82, 2.24) is 10.2 Å². The standard InChI is InChI=1S/C18H32N2O/c1-5-11-19-18(15-20(12-6-2)13-7-3)16-9-8-10-17(14-16)21-4/h8-10,14,18-19H,5-7,11-13,15H2,1-4H3. The van der Waals surface area contributed by atoms with E-state index in [-0.39, 0.29) is 0 Å². The van der Waals surface area contributed by atoms with Crippen LogP contribution in [0.3, 0.4) is 0 Å². The van der Waals surface area contributed by atoms with E-state index in [1.807, 2.05) is 6.07 Å². The van der Waals surface area contributed by atoms with Crippen molar-refractivity contribution in [2.75, 3.05) is 33.3 Å². The first-order valence-corrected chi connectivity index (χ1v) is 8.34. The molecule has 0 spiro atoms. The molecule has 0 aromatic heterocycles. The second-order valence-corrected chi connectivity index (χ2v) is 5.58. The predicted molar refractivity (Wildman–Crippen MR) is 91.1 cm³/mol. The summed E-state index contributed by atoms with van der Waals surface area (Å²) in [6, 6.07) is 8.82. The summed E-state index contributed by atoms with van der Waals surface area (Å²) in [4.78, 5) is 2.56. The molecule has 0 aliphatic carbocycles. The first-order valence-electron chi connectivity index (χ1n) is 8.34. The van der Waals surface area contributed by atoms with Crippen LogP contribution in [-0.2, 0) is 0 Å². The average molecular weight is 292 g/mol. The van der Waals surface area contributed by atoms with Gasteiger partial charge in [-0.2, -0.15) is 0 Å². The largest absolute Gasteiger partial charge is 0.497 e. The summed E-state index contributed by atoms with van der Waals surface area (Å²) in [5.41, 5.74) is 1.32. The van der Waals surface area contributed by atoms with Crippen LogP contribution in [0, 0.1) is 0 Å². The smallest absolute Gasteiger partial charge is 0.119 e. The zero-order valence-corrected chi connectivity index (χ0v) is 14.2. The second kappa shape index (κ2) is 10.6. The van der Waals surface area contributed by atoms with Crippen molar-refractivity contribution in [2.45, 2.75) is 46.1 Å². The van der Waals surface area contributed by atoms with Crippen LogP contribution in [-0.4, -0.2) is 38.2 Å². The molecule has 0 amide bonds. The first-order chi connectivity index (χ1) is 10.2. The van der Waals surface area contributed by atoms with Crippen LogP contribution in [0.5, 0.6) is 5.75 Å². The van der Waals surface area contributed by atoms with E-state index in [0.29, 0.717) is 6.04 Å². The van der Waals surface area contributed by atoms with Gasteiger partial charge >= 0.3 is 0 Å². The summed E-state index contributed by atoms with van der Waals surface area (Å²) >= 11 is 0. The summed E-state index contributed by atoms with van der Waals surface area (Å²) in [6.45, 7) is 11.2. The topological polar surface area (TPSA) is 24.5 Å². The fourth-order valence-electron chi connectivity index (χ4n) is 2.65. The Morgan fingerprint density at radius 3 is 2.38 bits per heavy atom. The summed E-state index contributed by atoms with van der Waals surface area (Å²) < 4.78 is 5.37. The normalized spacial score (nSPS) is 12.6. The number of benzene rings is 1. The molecule has 1 N–H and O–H groups in total. The molecule has 3 heteroatoms. The molecular formula is C18H32N2O. The Labute approximate surface area is 130 Å². The van der Waals surface area contributed by atoms with Crippen molar-refractivity contribution >= 4 is 0 Å². The van der Waals surface area contributed by atoms with E-state index in [1.165, 1.54) is 31.5 Å². The molecule has 0 bridgehead atoms. The molecule has 1 atom stereocenters. The second-order valence-electron chi connectivity index (χ2n) is 5.58. The van der Waals surface area contributed by atoms with Gasteiger partial charge in [0.05, 0.1) is 7.11 Å². The molecule has 1 unspecified atom stereocenters. The Balaban J connectivity index is 2.81. The van der Waals surface area contributed by atoms with Crippen molar-refractivity contribution in [3.05, 3.63) is 29.8 Å². The van der Waals surface area contributed by atoms with E-state index in [2.05, 4.69) is 49.2 Å². The SMILES string of the molecule is CCCNC(CN(CCC)CCC)c1cccc(OC)c1. The van der Waals surface area contributed by atoms with Gasteiger partial charge in [0.15, 0.2) is 0 Å². The molecule has 1 rings (SSSR count). The molecule has 0 aliphatic heterocycles. The molecule has 0 saturated heterocycles. The number of ether oxygens (including phenoxy) is 1. The fraction of sp³-hybridized carbons (Fsp3) is 0.667. The van der Waals surface area contributed by atoms with Gasteiger partial charge in [-0.25, -0.2) is 0 Å². The molecule has 0 aliphatic rings. The van der Waals surface area contributed by atoms with Crippen LogP contribution in [0.1, 0.15) is 51.6 Å². The number of nitrogens with one attached hydrogen (secondary N) is 1. The lowest BCUT2D eigenvalue weighted by atomic mass is 10.1. The molecule has 120 valence electrons. The third kappa shape index (κ3) is 6.49. The van der Waals surface area contributed by atoms with Crippen LogP contribution in [0.25, 0.3) is 0 Å². The highest BCUT2D eigenvalue weighted by molar-refractivity contribution is 5.30. The zero-order chi connectivity index (χ0) is 15.5. The van der Waals surface area contributed by atoms with Crippen molar-refractivity contribution in [3.63, 3.8) is 0 Å². The molecule has 1 aromatic rings. The number of rotatable bonds is 11. The third-order valence-electron chi connectivity index (χ3n) is 3.66. The van der Waals surface area contributed by atoms with Gasteiger partial charge in [0.1, 0.15) is 5.75 Å². The maximum absolute atomic E-state index is 5.37. The molecule has 0 fully saturated rings. The molecule has 21 heavy (non-hydrogen) atoms. The molecule has 0 saturated carbocycles. The highest BCUT2D eigenvalue weighted by Gasteiger charge is 2.15. The van der Waals surface area contributed by atoms with Gasteiger partial charge in [-0.15, -0.1) is 0 Å². The lowest BCUT2D eigenvalue weighted by Crippen LogP contribution is -2.36. The van der Waals surface area contributed by atoms with E-state index in [0.717, 1.165) is 25.3 Å². The van der Waals surface area contributed by atoms with Gasteiger partial charge < -0.3 is 15.0 Å². The van der Waals surface area contributed by atoms with Crippen molar-refractivity contribution in [1.29, 1.82) is 0 Å². The highest BCUT2D eigenvalue weighted by Crippen LogP contribution is 2.20. The number of methoxy groups -OCH3 is 1. The molecule has 0 radical (unpaired) electrons. The molecule has 0 heterocycles. The Bertz CT molecular complexity index is 375. The molecular weight excluding hydrogens is 260 g/mol. The highest BCUT2D eigenvalue weighted by atomic mass is 16.5. The van der Waals surface area contributed by atoms with Crippen LogP contribution < -0.4 is 10.1 Å². The number of nitrogens with zero attached hydrogens (tertiary/aromatic N) is 1. The fourth-order valence-corrected chi connectivity index (χ4v) is 2.65. The summed E-state index contributed by atoms with van der Waals surface area (Å²) in [6.07, 6.45) is 3.57. The van der Waals surface area contributed by atoms with Crippen molar-refractivity contribution < 1.29 is 4.74 Å². The van der Waals surface area contributed by atoms with E-state index in [1.54, 1.807) is 7.11 Å². The molecule has 3 nitrogen and oxygen atoms in total. The maximum Gasteiger partial charge on any atom is 0.119 e. The first kappa shape index (κ1) is 18.0. The Hall–Kier alpha value is -1.06. The van der Waals surface area contributed by atoms with Crippen LogP contribution in [0.2, 0.25) is 0 Å². The number of hydrogen-bond acceptors (Lipinski definition) is 3. The summed E-state index contributed by atoms with van der Waals surface area (Å²) in [7, 11) is 1.73. The summed E-state index contributed by atoms with van der Waals surface area (Å²) in [5.74, 6) is 0.938. The van der Waals surface area contributed by atoms with Crippen LogP contribution in [0.4, 0.5) is 0 Å². The Morgan fingerprint density at radius 1 is 1.10 bits per heavy atom. The van der Waals surface area contributed by atoms with Gasteiger partial charge in [-0.05, 0) is 56.6 Å². The van der Waals surface area contributed by atoms with Crippen LogP contribution >= 0.6 is 0 Å². The molecule has 1 aromatic carbocycles. The van der Waals surface area contributed by atoms with Gasteiger partial charge in [0.25, 0.3) is 0 Å². The lowest BCUT2D eigenvalue weighted by molar-refractivity contribution is 0.242. The predicted octanol–water partition coefficient (Wildman–Crippen LogP) is 3.86. The van der Waals surface area contributed by atoms with E-state index < -0.39 is 0 Å². The minimum Gasteiger partial charge on any atom is -0.497 e. The third-order valence-corrected chi connectivity index (χ3v) is 3.66. The zero-order valence-electron chi connectivity index (χ0n) is 14.2. The van der Waals surface area contributed by atoms with Gasteiger partial charge in [-0.1, -0.05) is 32.9 Å². The summed E-state index contributed by atoms with van der Waals surface area (Å²) in [5, 5.41) is 3.69. The Morgan fingerprint density at radius 2 is 1.81 bits per heavy atom. The van der Waals surface area contributed by atoms with Gasteiger partial charge in [0, 0.05) is 12.6 Å². The van der Waals surface area contributed by atoms with Crippen molar-refractivity contribution in [2.24, 2.45) is 0 Å².